The SMILES string of the molecule is NC1=N[C@@]2(CO1)c1cc(-c3cccnc3F)ccc1Oc1ncccc12. The number of benzene rings is 1. The topological polar surface area (TPSA) is 82.6 Å². The Kier molecular flexibility index (Phi) is 3.00. The largest absolute Gasteiger partial charge is 0.462 e. The molecular weight excluding hydrogens is 335 g/mol. The van der Waals surface area contributed by atoms with Crippen LogP contribution in [0.5, 0.6) is 11.6 Å². The van der Waals surface area contributed by atoms with Crippen LogP contribution in [-0.4, -0.2) is 22.6 Å². The van der Waals surface area contributed by atoms with Crippen molar-refractivity contribution < 1.29 is 13.9 Å². The Morgan fingerprint density at radius 1 is 1.04 bits per heavy atom. The second kappa shape index (κ2) is 5.26. The van der Waals surface area contributed by atoms with E-state index in [-0.39, 0.29) is 12.6 Å². The average molecular weight is 348 g/mol. The summed E-state index contributed by atoms with van der Waals surface area (Å²) in [5.74, 6) is 0.514. The van der Waals surface area contributed by atoms with Gasteiger partial charge in [-0.1, -0.05) is 6.07 Å². The van der Waals surface area contributed by atoms with Gasteiger partial charge in [0.2, 0.25) is 11.8 Å². The molecule has 0 saturated carbocycles. The molecule has 128 valence electrons. The second-order valence-corrected chi connectivity index (χ2v) is 6.11. The molecule has 2 aliphatic heterocycles. The highest BCUT2D eigenvalue weighted by Crippen LogP contribution is 2.50. The van der Waals surface area contributed by atoms with Crippen LogP contribution in [0.4, 0.5) is 4.39 Å². The predicted molar refractivity (Wildman–Crippen MR) is 92.3 cm³/mol. The van der Waals surface area contributed by atoms with Crippen LogP contribution in [0.3, 0.4) is 0 Å². The van der Waals surface area contributed by atoms with Crippen LogP contribution in [0.25, 0.3) is 11.1 Å². The highest BCUT2D eigenvalue weighted by Gasteiger charge is 2.47. The van der Waals surface area contributed by atoms with Gasteiger partial charge in [-0.2, -0.15) is 4.39 Å². The molecule has 2 N–H and O–H groups in total. The van der Waals surface area contributed by atoms with E-state index in [1.807, 2.05) is 18.2 Å². The van der Waals surface area contributed by atoms with Gasteiger partial charge in [0.05, 0.1) is 5.56 Å². The zero-order chi connectivity index (χ0) is 17.7. The molecule has 2 aromatic heterocycles. The van der Waals surface area contributed by atoms with Gasteiger partial charge in [-0.05, 0) is 42.0 Å². The van der Waals surface area contributed by atoms with Crippen molar-refractivity contribution in [2.45, 2.75) is 5.54 Å². The first-order valence-electron chi connectivity index (χ1n) is 8.04. The molecule has 7 heteroatoms. The summed E-state index contributed by atoms with van der Waals surface area (Å²) in [6.07, 6.45) is 3.07. The van der Waals surface area contributed by atoms with Gasteiger partial charge >= 0.3 is 0 Å². The lowest BCUT2D eigenvalue weighted by molar-refractivity contribution is 0.262. The Hall–Kier alpha value is -3.48. The normalized spacial score (nSPS) is 20.0. The molecule has 5 rings (SSSR count). The van der Waals surface area contributed by atoms with Crippen molar-refractivity contribution in [2.75, 3.05) is 6.61 Å². The van der Waals surface area contributed by atoms with Crippen molar-refractivity contribution in [2.24, 2.45) is 10.7 Å². The molecule has 4 heterocycles. The lowest BCUT2D eigenvalue weighted by atomic mass is 9.81. The Bertz CT molecular complexity index is 1070. The molecule has 26 heavy (non-hydrogen) atoms. The molecule has 1 atom stereocenters. The standard InChI is InChI=1S/C19H13FN4O2/c20-16-12(3-1-7-22-16)11-5-6-15-14(9-11)19(10-25-18(21)24-19)13-4-2-8-23-17(13)26-15/h1-9H,10H2,(H2,21,24)/t19-/m1/s1. The number of aromatic nitrogens is 2. The molecule has 1 spiro atoms. The van der Waals surface area contributed by atoms with Crippen LogP contribution in [0.15, 0.2) is 59.9 Å². The maximum atomic E-state index is 14.2. The summed E-state index contributed by atoms with van der Waals surface area (Å²) in [4.78, 5) is 12.6. The van der Waals surface area contributed by atoms with Crippen LogP contribution < -0.4 is 10.5 Å². The first-order chi connectivity index (χ1) is 12.7. The highest BCUT2D eigenvalue weighted by molar-refractivity contribution is 5.77. The number of aliphatic imine (C=N–C) groups is 1. The first kappa shape index (κ1) is 14.8. The fraction of sp³-hybridized carbons (Fsp3) is 0.105. The number of fused-ring (bicyclic) bond motifs is 4. The van der Waals surface area contributed by atoms with E-state index in [0.717, 1.165) is 11.1 Å². The number of halogens is 1. The van der Waals surface area contributed by atoms with E-state index < -0.39 is 11.5 Å². The van der Waals surface area contributed by atoms with Gasteiger partial charge in [-0.15, -0.1) is 0 Å². The van der Waals surface area contributed by atoms with Crippen molar-refractivity contribution in [3.63, 3.8) is 0 Å². The first-order valence-corrected chi connectivity index (χ1v) is 8.04. The van der Waals surface area contributed by atoms with E-state index in [4.69, 9.17) is 15.2 Å². The minimum atomic E-state index is -0.865. The fourth-order valence-corrected chi connectivity index (χ4v) is 3.45. The van der Waals surface area contributed by atoms with E-state index in [1.54, 1.807) is 30.5 Å². The predicted octanol–water partition coefficient (Wildman–Crippen LogP) is 2.98. The summed E-state index contributed by atoms with van der Waals surface area (Å²) in [7, 11) is 0. The maximum Gasteiger partial charge on any atom is 0.283 e. The van der Waals surface area contributed by atoms with Crippen molar-refractivity contribution >= 4 is 6.02 Å². The molecule has 1 aromatic carbocycles. The van der Waals surface area contributed by atoms with E-state index in [9.17, 15) is 4.39 Å². The van der Waals surface area contributed by atoms with E-state index >= 15 is 0 Å². The number of amidine groups is 1. The maximum absolute atomic E-state index is 14.2. The average Bonchev–Trinajstić information content (AvgIpc) is 3.05. The van der Waals surface area contributed by atoms with Crippen LogP contribution in [-0.2, 0) is 10.3 Å². The lowest BCUT2D eigenvalue weighted by Gasteiger charge is -2.32. The third kappa shape index (κ3) is 2.00. The number of hydrogen-bond acceptors (Lipinski definition) is 6. The van der Waals surface area contributed by atoms with Crippen LogP contribution in [0, 0.1) is 5.95 Å². The summed E-state index contributed by atoms with van der Waals surface area (Å²) in [5.41, 5.74) is 7.54. The van der Waals surface area contributed by atoms with Gasteiger partial charge in [0.1, 0.15) is 12.4 Å². The summed E-state index contributed by atoms with van der Waals surface area (Å²) in [6, 6.07) is 12.6. The van der Waals surface area contributed by atoms with Crippen molar-refractivity contribution in [3.8, 4) is 22.8 Å². The molecular formula is C19H13FN4O2. The molecule has 0 radical (unpaired) electrons. The minimum absolute atomic E-state index is 0.102. The number of hydrogen-bond donors (Lipinski definition) is 1. The number of pyridine rings is 2. The van der Waals surface area contributed by atoms with Gasteiger partial charge in [-0.25, -0.2) is 15.0 Å². The molecule has 2 aliphatic rings. The highest BCUT2D eigenvalue weighted by atomic mass is 19.1. The molecule has 0 amide bonds. The van der Waals surface area contributed by atoms with Crippen LogP contribution in [0.1, 0.15) is 11.1 Å². The summed E-state index contributed by atoms with van der Waals surface area (Å²) < 4.78 is 25.6. The summed E-state index contributed by atoms with van der Waals surface area (Å²) in [6.45, 7) is 0.229. The van der Waals surface area contributed by atoms with E-state index in [1.165, 1.54) is 6.20 Å². The zero-order valence-corrected chi connectivity index (χ0v) is 13.5. The monoisotopic (exact) mass is 348 g/mol. The molecule has 0 fully saturated rings. The van der Waals surface area contributed by atoms with Crippen molar-refractivity contribution in [1.82, 2.24) is 9.97 Å². The molecule has 3 aromatic rings. The molecule has 0 aliphatic carbocycles. The molecule has 6 nitrogen and oxygen atoms in total. The Morgan fingerprint density at radius 3 is 2.69 bits per heavy atom. The molecule has 0 bridgehead atoms. The van der Waals surface area contributed by atoms with Gasteiger partial charge in [0.25, 0.3) is 6.02 Å². The lowest BCUT2D eigenvalue weighted by Crippen LogP contribution is -2.31. The smallest absolute Gasteiger partial charge is 0.283 e. The fourth-order valence-electron chi connectivity index (χ4n) is 3.45. The van der Waals surface area contributed by atoms with Crippen LogP contribution in [0.2, 0.25) is 0 Å². The van der Waals surface area contributed by atoms with Gasteiger partial charge in [-0.3, -0.25) is 0 Å². The number of ether oxygens (including phenoxy) is 2. The third-order valence-corrected chi connectivity index (χ3v) is 4.65. The Labute approximate surface area is 148 Å². The number of rotatable bonds is 1. The molecule has 0 unspecified atom stereocenters. The number of nitrogens with zero attached hydrogens (tertiary/aromatic N) is 3. The molecule has 0 saturated heterocycles. The van der Waals surface area contributed by atoms with Crippen molar-refractivity contribution in [3.05, 3.63) is 71.9 Å². The van der Waals surface area contributed by atoms with Crippen LogP contribution >= 0.6 is 0 Å². The third-order valence-electron chi connectivity index (χ3n) is 4.65. The Balaban J connectivity index is 1.76. The zero-order valence-electron chi connectivity index (χ0n) is 13.5. The van der Waals surface area contributed by atoms with Gasteiger partial charge in [0.15, 0.2) is 5.54 Å². The number of nitrogens with two attached hydrogens (primary N) is 1. The van der Waals surface area contributed by atoms with Gasteiger partial charge < -0.3 is 15.2 Å². The quantitative estimate of drug-likeness (QED) is 0.684. The van der Waals surface area contributed by atoms with Gasteiger partial charge in [0, 0.05) is 23.5 Å². The van der Waals surface area contributed by atoms with Crippen molar-refractivity contribution in [1.29, 1.82) is 0 Å². The van der Waals surface area contributed by atoms with E-state index in [0.29, 0.717) is 22.8 Å². The van der Waals surface area contributed by atoms with E-state index in [2.05, 4.69) is 15.0 Å². The minimum Gasteiger partial charge on any atom is -0.462 e. The summed E-state index contributed by atoms with van der Waals surface area (Å²) in [5, 5.41) is 0. The Morgan fingerprint density at radius 2 is 1.88 bits per heavy atom. The summed E-state index contributed by atoms with van der Waals surface area (Å²) >= 11 is 0. The second-order valence-electron chi connectivity index (χ2n) is 6.11.